The molecule has 1 rings (SSSR count). The van der Waals surface area contributed by atoms with Gasteiger partial charge in [-0.15, -0.1) is 0 Å². The molecule has 0 aromatic heterocycles. The minimum absolute atomic E-state index is 0.00845. The maximum Gasteiger partial charge on any atom is 0.242 e. The van der Waals surface area contributed by atoms with Crippen LogP contribution in [0.15, 0.2) is 21.5 Å². The number of aliphatic hydroxyl groups excluding tert-OH is 1. The van der Waals surface area contributed by atoms with E-state index in [1.54, 1.807) is 6.92 Å². The molecule has 1 unspecified atom stereocenters. The van der Waals surface area contributed by atoms with Gasteiger partial charge in [0.2, 0.25) is 10.0 Å². The van der Waals surface area contributed by atoms with Crippen molar-refractivity contribution in [3.63, 3.8) is 0 Å². The molecule has 8 heteroatoms. The normalized spacial score (nSPS) is 13.6. The molecule has 0 fully saturated rings. The molecule has 1 aromatic rings. The van der Waals surface area contributed by atoms with Gasteiger partial charge in [0.05, 0.1) is 16.8 Å². The summed E-state index contributed by atoms with van der Waals surface area (Å²) in [6, 6.07) is 1.42. The Morgan fingerprint density at radius 1 is 1.56 bits per heavy atom. The van der Waals surface area contributed by atoms with Gasteiger partial charge >= 0.3 is 0 Å². The summed E-state index contributed by atoms with van der Waals surface area (Å²) in [7, 11) is -3.89. The van der Waals surface area contributed by atoms with Crippen molar-refractivity contribution < 1.29 is 17.9 Å². The Balaban J connectivity index is 3.16. The van der Waals surface area contributed by atoms with Crippen molar-refractivity contribution in [2.24, 2.45) is 0 Å². The van der Waals surface area contributed by atoms with Crippen molar-refractivity contribution in [3.05, 3.63) is 22.4 Å². The van der Waals surface area contributed by atoms with Gasteiger partial charge in [0.1, 0.15) is 10.7 Å². The van der Waals surface area contributed by atoms with E-state index in [1.807, 2.05) is 0 Å². The lowest BCUT2D eigenvalue weighted by Gasteiger charge is -2.15. The molecule has 0 aliphatic heterocycles. The first-order valence-electron chi connectivity index (χ1n) is 5.19. The summed E-state index contributed by atoms with van der Waals surface area (Å²) in [6.07, 6.45) is 0.429. The van der Waals surface area contributed by atoms with E-state index in [0.29, 0.717) is 6.42 Å². The SMILES string of the molecule is CCC(CO)NS(=O)(=O)c1cc(Br)c(F)cc1N. The Labute approximate surface area is 113 Å². The average Bonchev–Trinajstić information content (AvgIpc) is 2.30. The van der Waals surface area contributed by atoms with E-state index in [0.717, 1.165) is 12.1 Å². The van der Waals surface area contributed by atoms with Crippen molar-refractivity contribution in [2.45, 2.75) is 24.3 Å². The summed E-state index contributed by atoms with van der Waals surface area (Å²) in [4.78, 5) is -0.220. The highest BCUT2D eigenvalue weighted by Gasteiger charge is 2.22. The first-order valence-corrected chi connectivity index (χ1v) is 7.47. The highest BCUT2D eigenvalue weighted by atomic mass is 79.9. The molecular formula is C10H14BrFN2O3S. The highest BCUT2D eigenvalue weighted by Crippen LogP contribution is 2.26. The molecule has 1 atom stereocenters. The number of halogens is 2. The summed E-state index contributed by atoms with van der Waals surface area (Å²) in [5, 5.41) is 8.98. The van der Waals surface area contributed by atoms with E-state index >= 15 is 0 Å². The van der Waals surface area contributed by atoms with E-state index in [2.05, 4.69) is 20.7 Å². The maximum absolute atomic E-state index is 13.2. The molecule has 102 valence electrons. The molecule has 0 spiro atoms. The van der Waals surface area contributed by atoms with Gasteiger partial charge in [0.25, 0.3) is 0 Å². The minimum Gasteiger partial charge on any atom is -0.398 e. The van der Waals surface area contributed by atoms with Crippen LogP contribution in [0.25, 0.3) is 0 Å². The average molecular weight is 341 g/mol. The number of hydrogen-bond donors (Lipinski definition) is 3. The standard InChI is InChI=1S/C10H14BrFN2O3S/c1-2-6(5-15)14-18(16,17)10-3-7(11)8(12)4-9(10)13/h3-4,6,14-15H,2,5,13H2,1H3. The Kier molecular flexibility index (Phi) is 5.09. The fourth-order valence-corrected chi connectivity index (χ4v) is 3.25. The lowest BCUT2D eigenvalue weighted by atomic mass is 10.3. The first-order chi connectivity index (χ1) is 8.31. The van der Waals surface area contributed by atoms with Gasteiger partial charge in [0.15, 0.2) is 0 Å². The van der Waals surface area contributed by atoms with Crippen molar-refractivity contribution in [1.29, 1.82) is 0 Å². The number of nitrogen functional groups attached to an aromatic ring is 1. The smallest absolute Gasteiger partial charge is 0.242 e. The van der Waals surface area contributed by atoms with Crippen LogP contribution in [0, 0.1) is 5.82 Å². The van der Waals surface area contributed by atoms with Gasteiger partial charge in [-0.05, 0) is 34.5 Å². The Hall–Kier alpha value is -0.700. The summed E-state index contributed by atoms with van der Waals surface area (Å²) in [5.74, 6) is -0.638. The van der Waals surface area contributed by atoms with Crippen LogP contribution in [0.3, 0.4) is 0 Å². The largest absolute Gasteiger partial charge is 0.398 e. The number of aliphatic hydroxyl groups is 1. The molecule has 0 aliphatic carbocycles. The number of anilines is 1. The van der Waals surface area contributed by atoms with Crippen LogP contribution in [0.1, 0.15) is 13.3 Å². The van der Waals surface area contributed by atoms with Gasteiger partial charge < -0.3 is 10.8 Å². The topological polar surface area (TPSA) is 92.4 Å². The molecule has 18 heavy (non-hydrogen) atoms. The van der Waals surface area contributed by atoms with Crippen molar-refractivity contribution in [1.82, 2.24) is 4.72 Å². The van der Waals surface area contributed by atoms with Gasteiger partial charge in [-0.3, -0.25) is 0 Å². The molecule has 0 heterocycles. The number of sulfonamides is 1. The quantitative estimate of drug-likeness (QED) is 0.702. The third-order valence-electron chi connectivity index (χ3n) is 2.38. The molecule has 0 amide bonds. The first kappa shape index (κ1) is 15.4. The van der Waals surface area contributed by atoms with E-state index in [-0.39, 0.29) is 21.7 Å². The molecule has 0 saturated carbocycles. The number of nitrogens with one attached hydrogen (secondary N) is 1. The van der Waals surface area contributed by atoms with Crippen LogP contribution in [0.4, 0.5) is 10.1 Å². The summed E-state index contributed by atoms with van der Waals surface area (Å²) in [6.45, 7) is 1.41. The van der Waals surface area contributed by atoms with E-state index in [9.17, 15) is 12.8 Å². The molecule has 4 N–H and O–H groups in total. The Bertz CT molecular complexity index is 532. The second-order valence-electron chi connectivity index (χ2n) is 3.71. The van der Waals surface area contributed by atoms with Crippen molar-refractivity contribution in [2.75, 3.05) is 12.3 Å². The number of nitrogens with two attached hydrogens (primary N) is 1. The van der Waals surface area contributed by atoms with Crippen molar-refractivity contribution >= 4 is 31.6 Å². The van der Waals surface area contributed by atoms with Crippen LogP contribution < -0.4 is 10.5 Å². The summed E-state index contributed by atoms with van der Waals surface area (Å²) < 4.78 is 39.5. The van der Waals surface area contributed by atoms with E-state index < -0.39 is 21.9 Å². The van der Waals surface area contributed by atoms with Gasteiger partial charge in [-0.2, -0.15) is 0 Å². The molecular weight excluding hydrogens is 327 g/mol. The minimum atomic E-state index is -3.89. The number of hydrogen-bond acceptors (Lipinski definition) is 4. The molecule has 0 saturated heterocycles. The van der Waals surface area contributed by atoms with Crippen LogP contribution >= 0.6 is 15.9 Å². The zero-order valence-electron chi connectivity index (χ0n) is 9.65. The number of rotatable bonds is 5. The highest BCUT2D eigenvalue weighted by molar-refractivity contribution is 9.10. The maximum atomic E-state index is 13.2. The summed E-state index contributed by atoms with van der Waals surface area (Å²) in [5.41, 5.74) is 5.31. The molecule has 1 aromatic carbocycles. The number of benzene rings is 1. The second kappa shape index (κ2) is 5.96. The van der Waals surface area contributed by atoms with Crippen LogP contribution in [-0.2, 0) is 10.0 Å². The van der Waals surface area contributed by atoms with Gasteiger partial charge in [-0.1, -0.05) is 6.92 Å². The zero-order chi connectivity index (χ0) is 13.9. The van der Waals surface area contributed by atoms with Gasteiger partial charge in [-0.25, -0.2) is 17.5 Å². The van der Waals surface area contributed by atoms with Crippen LogP contribution in [0.2, 0.25) is 0 Å². The second-order valence-corrected chi connectivity index (χ2v) is 6.25. The van der Waals surface area contributed by atoms with E-state index in [4.69, 9.17) is 10.8 Å². The van der Waals surface area contributed by atoms with Gasteiger partial charge in [0, 0.05) is 6.04 Å². The Morgan fingerprint density at radius 3 is 2.67 bits per heavy atom. The fourth-order valence-electron chi connectivity index (χ4n) is 1.31. The fraction of sp³-hybridized carbons (Fsp3) is 0.400. The zero-order valence-corrected chi connectivity index (χ0v) is 12.1. The predicted molar refractivity (Wildman–Crippen MR) is 70.0 cm³/mol. The van der Waals surface area contributed by atoms with Crippen LogP contribution in [-0.4, -0.2) is 26.2 Å². The monoisotopic (exact) mass is 340 g/mol. The summed E-state index contributed by atoms with van der Waals surface area (Å²) >= 11 is 2.90. The molecule has 0 bridgehead atoms. The molecule has 0 radical (unpaired) electrons. The molecule has 0 aliphatic rings. The van der Waals surface area contributed by atoms with E-state index in [1.165, 1.54) is 0 Å². The van der Waals surface area contributed by atoms with Crippen molar-refractivity contribution in [3.8, 4) is 0 Å². The third kappa shape index (κ3) is 3.41. The predicted octanol–water partition coefficient (Wildman–Crippen LogP) is 1.22. The third-order valence-corrected chi connectivity index (χ3v) is 4.56. The lowest BCUT2D eigenvalue weighted by molar-refractivity contribution is 0.254. The lowest BCUT2D eigenvalue weighted by Crippen LogP contribution is -2.37. The van der Waals surface area contributed by atoms with Crippen LogP contribution in [0.5, 0.6) is 0 Å². The molecule has 5 nitrogen and oxygen atoms in total. The Morgan fingerprint density at radius 2 is 2.17 bits per heavy atom.